The Hall–Kier alpha value is -1.91. The molecule has 18 heavy (non-hydrogen) atoms. The molecule has 2 aliphatic rings. The molecule has 1 aliphatic carbocycles. The van der Waals surface area contributed by atoms with Gasteiger partial charge >= 0.3 is 0 Å². The Morgan fingerprint density at radius 2 is 1.94 bits per heavy atom. The molecule has 1 aromatic carbocycles. The minimum atomic E-state index is 0.0147. The summed E-state index contributed by atoms with van der Waals surface area (Å²) in [6.45, 7) is 1.05. The molecule has 3 rings (SSSR count). The first kappa shape index (κ1) is 11.2. The fourth-order valence-electron chi connectivity index (χ4n) is 2.00. The Morgan fingerprint density at radius 1 is 1.28 bits per heavy atom. The molecule has 0 bridgehead atoms. The van der Waals surface area contributed by atoms with Crippen molar-refractivity contribution in [2.24, 2.45) is 5.92 Å². The number of anilines is 2. The number of fused-ring (bicyclic) bond motifs is 1. The van der Waals surface area contributed by atoms with Crippen LogP contribution in [0.1, 0.15) is 19.3 Å². The van der Waals surface area contributed by atoms with Gasteiger partial charge in [0.1, 0.15) is 13.2 Å². The summed E-state index contributed by atoms with van der Waals surface area (Å²) in [6.07, 6.45) is 2.89. The summed E-state index contributed by atoms with van der Waals surface area (Å²) in [5, 5.41) is 2.83. The molecule has 0 spiro atoms. The van der Waals surface area contributed by atoms with E-state index in [-0.39, 0.29) is 5.91 Å². The highest BCUT2D eigenvalue weighted by Gasteiger charge is 2.25. The fraction of sp³-hybridized carbons (Fsp3) is 0.462. The molecule has 0 atom stereocenters. The number of nitrogens with two attached hydrogens (primary N) is 1. The van der Waals surface area contributed by atoms with Crippen LogP contribution in [0.4, 0.5) is 11.4 Å². The molecular formula is C13H16N2O3. The average Bonchev–Trinajstić information content (AvgIpc) is 3.14. The topological polar surface area (TPSA) is 73.6 Å². The molecule has 0 radical (unpaired) electrons. The van der Waals surface area contributed by atoms with Crippen molar-refractivity contribution < 1.29 is 14.3 Å². The largest absolute Gasteiger partial charge is 0.486 e. The Labute approximate surface area is 105 Å². The first-order valence-corrected chi connectivity index (χ1v) is 6.21. The number of carbonyl (C=O) groups excluding carboxylic acids is 1. The van der Waals surface area contributed by atoms with Crippen molar-refractivity contribution in [3.63, 3.8) is 0 Å². The summed E-state index contributed by atoms with van der Waals surface area (Å²) in [5.74, 6) is 1.85. The zero-order chi connectivity index (χ0) is 12.5. The molecule has 5 heteroatoms. The minimum absolute atomic E-state index is 0.0147. The highest BCUT2D eigenvalue weighted by atomic mass is 16.6. The van der Waals surface area contributed by atoms with E-state index in [9.17, 15) is 4.79 Å². The number of carbonyl (C=O) groups is 1. The molecular weight excluding hydrogens is 232 g/mol. The molecule has 1 fully saturated rings. The van der Waals surface area contributed by atoms with Crippen LogP contribution in [0.3, 0.4) is 0 Å². The van der Waals surface area contributed by atoms with E-state index in [4.69, 9.17) is 15.2 Å². The van der Waals surface area contributed by atoms with Crippen LogP contribution >= 0.6 is 0 Å². The maximum atomic E-state index is 11.7. The SMILES string of the molecule is Nc1cc2c(cc1NC(=O)CC1CC1)OCCO2. The quantitative estimate of drug-likeness (QED) is 0.800. The Kier molecular flexibility index (Phi) is 2.74. The minimum Gasteiger partial charge on any atom is -0.486 e. The average molecular weight is 248 g/mol. The monoisotopic (exact) mass is 248 g/mol. The van der Waals surface area contributed by atoms with Crippen LogP contribution in [0.25, 0.3) is 0 Å². The maximum absolute atomic E-state index is 11.7. The molecule has 0 aromatic heterocycles. The summed E-state index contributed by atoms with van der Waals surface area (Å²) >= 11 is 0. The standard InChI is InChI=1S/C13H16N2O3/c14-9-6-11-12(18-4-3-17-11)7-10(9)15-13(16)5-8-1-2-8/h6-8H,1-5,14H2,(H,15,16). The number of benzene rings is 1. The van der Waals surface area contributed by atoms with Gasteiger partial charge in [0, 0.05) is 18.6 Å². The summed E-state index contributed by atoms with van der Waals surface area (Å²) in [5.41, 5.74) is 6.99. The van der Waals surface area contributed by atoms with Gasteiger partial charge in [0.05, 0.1) is 11.4 Å². The number of amides is 1. The van der Waals surface area contributed by atoms with E-state index in [0.717, 1.165) is 12.8 Å². The summed E-state index contributed by atoms with van der Waals surface area (Å²) in [7, 11) is 0. The highest BCUT2D eigenvalue weighted by Crippen LogP contribution is 2.37. The molecule has 0 saturated heterocycles. The first-order chi connectivity index (χ1) is 8.72. The summed E-state index contributed by atoms with van der Waals surface area (Å²) in [6, 6.07) is 3.43. The molecule has 1 aromatic rings. The Morgan fingerprint density at radius 3 is 2.61 bits per heavy atom. The second kappa shape index (κ2) is 4.40. The highest BCUT2D eigenvalue weighted by molar-refractivity contribution is 5.94. The van der Waals surface area contributed by atoms with Gasteiger partial charge in [-0.3, -0.25) is 4.79 Å². The summed E-state index contributed by atoms with van der Waals surface area (Å²) < 4.78 is 10.9. The molecule has 5 nitrogen and oxygen atoms in total. The van der Waals surface area contributed by atoms with Gasteiger partial charge in [-0.15, -0.1) is 0 Å². The number of hydrogen-bond donors (Lipinski definition) is 2. The van der Waals surface area contributed by atoms with Gasteiger partial charge in [-0.05, 0) is 18.8 Å². The lowest BCUT2D eigenvalue weighted by molar-refractivity contribution is -0.116. The van der Waals surface area contributed by atoms with Crippen LogP contribution < -0.4 is 20.5 Å². The fourth-order valence-corrected chi connectivity index (χ4v) is 2.00. The van der Waals surface area contributed by atoms with Crippen LogP contribution in [-0.2, 0) is 4.79 Å². The zero-order valence-electron chi connectivity index (χ0n) is 10.1. The molecule has 1 aliphatic heterocycles. The van der Waals surface area contributed by atoms with Crippen LogP contribution in [0.5, 0.6) is 11.5 Å². The van der Waals surface area contributed by atoms with Crippen LogP contribution in [0.15, 0.2) is 12.1 Å². The molecule has 3 N–H and O–H groups in total. The van der Waals surface area contributed by atoms with Gasteiger partial charge in [-0.2, -0.15) is 0 Å². The van der Waals surface area contributed by atoms with Crippen molar-refractivity contribution >= 4 is 17.3 Å². The van der Waals surface area contributed by atoms with Crippen molar-refractivity contribution in [1.29, 1.82) is 0 Å². The number of rotatable bonds is 3. The van der Waals surface area contributed by atoms with Crippen molar-refractivity contribution in [2.45, 2.75) is 19.3 Å². The van der Waals surface area contributed by atoms with E-state index >= 15 is 0 Å². The van der Waals surface area contributed by atoms with Gasteiger partial charge in [0.25, 0.3) is 0 Å². The Bertz CT molecular complexity index is 483. The molecule has 1 amide bonds. The third kappa shape index (κ3) is 2.34. The smallest absolute Gasteiger partial charge is 0.224 e. The van der Waals surface area contributed by atoms with E-state index in [0.29, 0.717) is 48.4 Å². The lowest BCUT2D eigenvalue weighted by Crippen LogP contribution is -2.17. The van der Waals surface area contributed by atoms with Crippen LogP contribution in [0, 0.1) is 5.92 Å². The van der Waals surface area contributed by atoms with E-state index in [1.807, 2.05) is 0 Å². The van der Waals surface area contributed by atoms with E-state index in [1.54, 1.807) is 12.1 Å². The van der Waals surface area contributed by atoms with E-state index in [1.165, 1.54) is 0 Å². The van der Waals surface area contributed by atoms with Gasteiger partial charge in [-0.1, -0.05) is 0 Å². The van der Waals surface area contributed by atoms with Gasteiger partial charge in [0.2, 0.25) is 5.91 Å². The zero-order valence-corrected chi connectivity index (χ0v) is 10.1. The third-order valence-electron chi connectivity index (χ3n) is 3.16. The molecule has 1 heterocycles. The Balaban J connectivity index is 1.76. The van der Waals surface area contributed by atoms with Crippen molar-refractivity contribution in [3.8, 4) is 11.5 Å². The first-order valence-electron chi connectivity index (χ1n) is 6.21. The second-order valence-electron chi connectivity index (χ2n) is 4.78. The number of hydrogen-bond acceptors (Lipinski definition) is 4. The van der Waals surface area contributed by atoms with Crippen molar-refractivity contribution in [3.05, 3.63) is 12.1 Å². The maximum Gasteiger partial charge on any atom is 0.224 e. The van der Waals surface area contributed by atoms with Gasteiger partial charge in [0.15, 0.2) is 11.5 Å². The van der Waals surface area contributed by atoms with Crippen molar-refractivity contribution in [1.82, 2.24) is 0 Å². The van der Waals surface area contributed by atoms with Crippen LogP contribution in [-0.4, -0.2) is 19.1 Å². The second-order valence-corrected chi connectivity index (χ2v) is 4.78. The number of ether oxygens (including phenoxy) is 2. The summed E-state index contributed by atoms with van der Waals surface area (Å²) in [4.78, 5) is 11.7. The molecule has 0 unspecified atom stereocenters. The van der Waals surface area contributed by atoms with E-state index in [2.05, 4.69) is 5.32 Å². The third-order valence-corrected chi connectivity index (χ3v) is 3.16. The number of nitrogen functional groups attached to an aromatic ring is 1. The number of nitrogens with one attached hydrogen (secondary N) is 1. The molecule has 96 valence electrons. The van der Waals surface area contributed by atoms with Crippen molar-refractivity contribution in [2.75, 3.05) is 24.3 Å². The van der Waals surface area contributed by atoms with Gasteiger partial charge in [-0.25, -0.2) is 0 Å². The predicted octanol–water partition coefficient (Wildman–Crippen LogP) is 1.78. The van der Waals surface area contributed by atoms with E-state index < -0.39 is 0 Å². The predicted molar refractivity (Wildman–Crippen MR) is 67.8 cm³/mol. The van der Waals surface area contributed by atoms with Crippen LogP contribution in [0.2, 0.25) is 0 Å². The van der Waals surface area contributed by atoms with Gasteiger partial charge < -0.3 is 20.5 Å². The lowest BCUT2D eigenvalue weighted by atomic mass is 10.2. The molecule has 1 saturated carbocycles. The lowest BCUT2D eigenvalue weighted by Gasteiger charge is -2.20. The normalized spacial score (nSPS) is 17.3.